The van der Waals surface area contributed by atoms with Crippen molar-refractivity contribution in [1.29, 1.82) is 0 Å². The molecule has 1 amide bonds. The molecule has 0 aliphatic carbocycles. The summed E-state index contributed by atoms with van der Waals surface area (Å²) < 4.78 is 25.9. The number of hydrogen-bond donors (Lipinski definition) is 1. The summed E-state index contributed by atoms with van der Waals surface area (Å²) in [5.74, 6) is -0.579. The molecular weight excluding hydrogens is 450 g/mol. The Labute approximate surface area is 193 Å². The topological polar surface area (TPSA) is 113 Å². The third-order valence-corrected chi connectivity index (χ3v) is 5.88. The zero-order chi connectivity index (χ0) is 23.4. The quantitative estimate of drug-likeness (QED) is 0.492. The summed E-state index contributed by atoms with van der Waals surface area (Å²) in [4.78, 5) is 37.9. The zero-order valence-electron chi connectivity index (χ0n) is 18.0. The van der Waals surface area contributed by atoms with E-state index in [0.717, 1.165) is 16.0 Å². The Hall–Kier alpha value is -3.79. The Morgan fingerprint density at radius 3 is 2.67 bits per heavy atom. The van der Waals surface area contributed by atoms with Gasteiger partial charge in [-0.25, -0.2) is 9.59 Å². The minimum Gasteiger partial charge on any atom is -0.462 e. The number of aryl methyl sites for hydroxylation is 1. The van der Waals surface area contributed by atoms with E-state index in [1.54, 1.807) is 13.0 Å². The van der Waals surface area contributed by atoms with Gasteiger partial charge in [-0.3, -0.25) is 4.79 Å². The van der Waals surface area contributed by atoms with Gasteiger partial charge < -0.3 is 28.7 Å². The third kappa shape index (κ3) is 5.01. The van der Waals surface area contributed by atoms with Crippen molar-refractivity contribution in [3.8, 4) is 11.5 Å². The van der Waals surface area contributed by atoms with E-state index in [1.807, 2.05) is 25.1 Å². The Kier molecular flexibility index (Phi) is 6.64. The zero-order valence-corrected chi connectivity index (χ0v) is 18.8. The van der Waals surface area contributed by atoms with E-state index in [0.29, 0.717) is 22.9 Å². The first-order valence-corrected chi connectivity index (χ1v) is 11.0. The first-order chi connectivity index (χ1) is 16.0. The normalized spacial score (nSPS) is 11.8. The maximum absolute atomic E-state index is 12.8. The fraction of sp³-hybridized carbons (Fsp3) is 0.261. The monoisotopic (exact) mass is 471 g/mol. The molecule has 0 fully saturated rings. The number of esters is 2. The molecule has 1 N–H and O–H groups in total. The number of amides is 1. The molecule has 1 aliphatic heterocycles. The van der Waals surface area contributed by atoms with Crippen LogP contribution in [0, 0.1) is 6.92 Å². The largest absolute Gasteiger partial charge is 0.462 e. The van der Waals surface area contributed by atoms with Crippen molar-refractivity contribution in [3.05, 3.63) is 63.9 Å². The molecular formula is C23H21NO8S. The molecule has 0 unspecified atom stereocenters. The van der Waals surface area contributed by atoms with Crippen LogP contribution in [0.15, 0.2) is 41.0 Å². The van der Waals surface area contributed by atoms with Gasteiger partial charge in [0.2, 0.25) is 12.6 Å². The van der Waals surface area contributed by atoms with Crippen LogP contribution in [-0.4, -0.2) is 37.9 Å². The van der Waals surface area contributed by atoms with Crippen molar-refractivity contribution in [2.75, 3.05) is 25.3 Å². The first kappa shape index (κ1) is 22.4. The number of carbonyl (C=O) groups excluding carboxylic acids is 3. The number of benzene rings is 1. The van der Waals surface area contributed by atoms with Crippen molar-refractivity contribution in [2.45, 2.75) is 20.3 Å². The number of rotatable bonds is 8. The Morgan fingerprint density at radius 1 is 1.09 bits per heavy atom. The molecule has 10 heteroatoms. The number of fused-ring (bicyclic) bond motifs is 1. The van der Waals surface area contributed by atoms with Gasteiger partial charge in [0.1, 0.15) is 5.00 Å². The highest BCUT2D eigenvalue weighted by atomic mass is 32.1. The minimum atomic E-state index is -0.758. The molecule has 4 rings (SSSR count). The predicted octanol–water partition coefficient (Wildman–Crippen LogP) is 3.94. The Morgan fingerprint density at radius 2 is 1.91 bits per heavy atom. The molecule has 33 heavy (non-hydrogen) atoms. The van der Waals surface area contributed by atoms with Crippen LogP contribution in [-0.2, 0) is 20.7 Å². The van der Waals surface area contributed by atoms with Crippen LogP contribution in [0.25, 0.3) is 0 Å². The molecule has 0 atom stereocenters. The van der Waals surface area contributed by atoms with Gasteiger partial charge in [-0.2, -0.15) is 0 Å². The van der Waals surface area contributed by atoms with Crippen molar-refractivity contribution in [2.24, 2.45) is 0 Å². The minimum absolute atomic E-state index is 0.00649. The van der Waals surface area contributed by atoms with E-state index < -0.39 is 24.5 Å². The average Bonchev–Trinajstić information content (AvgIpc) is 3.53. The van der Waals surface area contributed by atoms with Crippen molar-refractivity contribution >= 4 is 34.2 Å². The molecule has 0 spiro atoms. The lowest BCUT2D eigenvalue weighted by atomic mass is 10.0. The van der Waals surface area contributed by atoms with Gasteiger partial charge in [0, 0.05) is 4.88 Å². The average molecular weight is 471 g/mol. The van der Waals surface area contributed by atoms with E-state index in [2.05, 4.69) is 5.32 Å². The maximum atomic E-state index is 12.8. The van der Waals surface area contributed by atoms with E-state index in [9.17, 15) is 14.4 Å². The highest BCUT2D eigenvalue weighted by molar-refractivity contribution is 7.16. The van der Waals surface area contributed by atoms with Gasteiger partial charge in [0.15, 0.2) is 18.1 Å². The maximum Gasteiger partial charge on any atom is 0.374 e. The fourth-order valence-corrected chi connectivity index (χ4v) is 4.39. The number of hydrogen-bond acceptors (Lipinski definition) is 9. The molecule has 3 aromatic rings. The second kappa shape index (κ2) is 9.78. The van der Waals surface area contributed by atoms with Crippen LogP contribution in [0.3, 0.4) is 0 Å². The number of nitrogens with one attached hydrogen (secondary N) is 1. The number of ether oxygens (including phenoxy) is 4. The molecule has 1 aliphatic rings. The summed E-state index contributed by atoms with van der Waals surface area (Å²) in [5.41, 5.74) is 1.93. The number of thiophene rings is 1. The summed E-state index contributed by atoms with van der Waals surface area (Å²) in [6, 6.07) is 8.55. The summed E-state index contributed by atoms with van der Waals surface area (Å²) in [7, 11) is 0. The number of furan rings is 1. The summed E-state index contributed by atoms with van der Waals surface area (Å²) in [6.07, 6.45) is 1.76. The van der Waals surface area contributed by atoms with E-state index in [-0.39, 0.29) is 24.7 Å². The van der Waals surface area contributed by atoms with Gasteiger partial charge >= 0.3 is 11.9 Å². The predicted molar refractivity (Wildman–Crippen MR) is 118 cm³/mol. The lowest BCUT2D eigenvalue weighted by molar-refractivity contribution is -0.119. The van der Waals surface area contributed by atoms with E-state index in [4.69, 9.17) is 23.4 Å². The van der Waals surface area contributed by atoms with Gasteiger partial charge in [0.25, 0.3) is 5.91 Å². The van der Waals surface area contributed by atoms with Crippen molar-refractivity contribution in [1.82, 2.24) is 0 Å². The van der Waals surface area contributed by atoms with Crippen LogP contribution in [0.2, 0.25) is 0 Å². The molecule has 0 bridgehead atoms. The molecule has 1 aromatic carbocycles. The first-order valence-electron chi connectivity index (χ1n) is 10.1. The van der Waals surface area contributed by atoms with Crippen LogP contribution in [0.5, 0.6) is 11.5 Å². The van der Waals surface area contributed by atoms with E-state index >= 15 is 0 Å². The number of carbonyl (C=O) groups is 3. The standard InChI is InChI=1S/C23H21NO8S/c1-3-28-23(27)20-15(9-14-6-7-16-18(10-14)32-12-31-16)13(2)33-21(20)24-19(25)11-30-22(26)17-5-4-8-29-17/h4-8,10H,3,9,11-12H2,1-2H3,(H,24,25). The Balaban J connectivity index is 1.53. The molecule has 9 nitrogen and oxygen atoms in total. The second-order valence-electron chi connectivity index (χ2n) is 7.03. The summed E-state index contributed by atoms with van der Waals surface area (Å²) in [6.45, 7) is 3.40. The molecule has 0 radical (unpaired) electrons. The highest BCUT2D eigenvalue weighted by Crippen LogP contribution is 2.37. The van der Waals surface area contributed by atoms with Gasteiger partial charge in [-0.1, -0.05) is 6.07 Å². The van der Waals surface area contributed by atoms with Crippen molar-refractivity contribution in [3.63, 3.8) is 0 Å². The Bertz CT molecular complexity index is 1180. The third-order valence-electron chi connectivity index (χ3n) is 4.82. The summed E-state index contributed by atoms with van der Waals surface area (Å²) >= 11 is 1.25. The molecule has 3 heterocycles. The smallest absolute Gasteiger partial charge is 0.374 e. The van der Waals surface area contributed by atoms with Gasteiger partial charge in [0.05, 0.1) is 18.4 Å². The molecule has 0 saturated heterocycles. The van der Waals surface area contributed by atoms with Gasteiger partial charge in [-0.15, -0.1) is 11.3 Å². The van der Waals surface area contributed by atoms with Crippen LogP contribution in [0.1, 0.15) is 43.8 Å². The molecule has 0 saturated carbocycles. The van der Waals surface area contributed by atoms with Crippen LogP contribution < -0.4 is 14.8 Å². The SMILES string of the molecule is CCOC(=O)c1c(NC(=O)COC(=O)c2ccco2)sc(C)c1Cc1ccc2c(c1)OCO2. The fourth-order valence-electron chi connectivity index (χ4n) is 3.31. The highest BCUT2D eigenvalue weighted by Gasteiger charge is 2.25. The van der Waals surface area contributed by atoms with Crippen molar-refractivity contribution < 1.29 is 37.7 Å². The van der Waals surface area contributed by atoms with E-state index in [1.165, 1.54) is 23.7 Å². The number of anilines is 1. The molecule has 172 valence electrons. The summed E-state index contributed by atoms with van der Waals surface area (Å²) in [5, 5.41) is 3.00. The molecule has 2 aromatic heterocycles. The lowest BCUT2D eigenvalue weighted by Gasteiger charge is -2.10. The lowest BCUT2D eigenvalue weighted by Crippen LogP contribution is -2.21. The second-order valence-corrected chi connectivity index (χ2v) is 8.25. The van der Waals surface area contributed by atoms with Crippen LogP contribution in [0.4, 0.5) is 5.00 Å². The van der Waals surface area contributed by atoms with Gasteiger partial charge in [-0.05, 0) is 55.7 Å². The van der Waals surface area contributed by atoms with Crippen LogP contribution >= 0.6 is 11.3 Å².